The highest BCUT2D eigenvalue weighted by atomic mass is 16.2. The molecule has 3 nitrogen and oxygen atoms in total. The van der Waals surface area contributed by atoms with Crippen molar-refractivity contribution >= 4 is 17.8 Å². The Labute approximate surface area is 84.0 Å². The second-order valence-corrected chi connectivity index (χ2v) is 3.15. The summed E-state index contributed by atoms with van der Waals surface area (Å²) < 4.78 is 0. The monoisotopic (exact) mass is 190 g/mol. The van der Waals surface area contributed by atoms with Crippen LogP contribution in [0.15, 0.2) is 30.8 Å². The van der Waals surface area contributed by atoms with Crippen LogP contribution in [0.1, 0.15) is 5.56 Å². The zero-order chi connectivity index (χ0) is 10.6. The Bertz CT molecular complexity index is 328. The zero-order valence-electron chi connectivity index (χ0n) is 8.45. The lowest BCUT2D eigenvalue weighted by molar-refractivity contribution is 0.230. The van der Waals surface area contributed by atoms with Crippen molar-refractivity contribution in [3.05, 3.63) is 36.4 Å². The average molecular weight is 190 g/mol. The fourth-order valence-electron chi connectivity index (χ4n) is 0.938. The molecule has 0 aliphatic carbocycles. The van der Waals surface area contributed by atoms with Crippen molar-refractivity contribution in [2.24, 2.45) is 0 Å². The molecule has 74 valence electrons. The van der Waals surface area contributed by atoms with E-state index in [0.717, 1.165) is 11.3 Å². The molecular formula is C11H14N2O. The zero-order valence-corrected chi connectivity index (χ0v) is 8.45. The SMILES string of the molecule is C=Cc1ccc(NC(=O)N(C)C)cc1. The van der Waals surface area contributed by atoms with E-state index in [1.54, 1.807) is 20.2 Å². The van der Waals surface area contributed by atoms with E-state index >= 15 is 0 Å². The van der Waals surface area contributed by atoms with Gasteiger partial charge in [0.15, 0.2) is 0 Å². The van der Waals surface area contributed by atoms with Crippen LogP contribution in [0.3, 0.4) is 0 Å². The molecule has 0 bridgehead atoms. The first-order valence-corrected chi connectivity index (χ1v) is 4.34. The molecule has 0 spiro atoms. The second-order valence-electron chi connectivity index (χ2n) is 3.15. The number of carbonyl (C=O) groups is 1. The molecule has 0 fully saturated rings. The molecule has 0 atom stereocenters. The van der Waals surface area contributed by atoms with E-state index in [9.17, 15) is 4.79 Å². The number of anilines is 1. The van der Waals surface area contributed by atoms with Gasteiger partial charge in [-0.3, -0.25) is 0 Å². The van der Waals surface area contributed by atoms with Gasteiger partial charge in [-0.1, -0.05) is 24.8 Å². The molecule has 1 N–H and O–H groups in total. The van der Waals surface area contributed by atoms with Crippen molar-refractivity contribution in [1.82, 2.24) is 4.90 Å². The van der Waals surface area contributed by atoms with Crippen molar-refractivity contribution in [2.75, 3.05) is 19.4 Å². The molecule has 0 aliphatic rings. The van der Waals surface area contributed by atoms with Gasteiger partial charge in [0.05, 0.1) is 0 Å². The standard InChI is InChI=1S/C11H14N2O/c1-4-9-5-7-10(8-6-9)12-11(14)13(2)3/h4-8H,1H2,2-3H3,(H,12,14). The highest BCUT2D eigenvalue weighted by molar-refractivity contribution is 5.88. The van der Waals surface area contributed by atoms with Crippen LogP contribution in [0.2, 0.25) is 0 Å². The number of hydrogen-bond acceptors (Lipinski definition) is 1. The van der Waals surface area contributed by atoms with Gasteiger partial charge < -0.3 is 10.2 Å². The van der Waals surface area contributed by atoms with Crippen molar-refractivity contribution in [2.45, 2.75) is 0 Å². The largest absolute Gasteiger partial charge is 0.331 e. The number of urea groups is 1. The Hall–Kier alpha value is -1.77. The molecule has 0 aliphatic heterocycles. The second kappa shape index (κ2) is 4.46. The number of amides is 2. The van der Waals surface area contributed by atoms with E-state index in [1.165, 1.54) is 4.90 Å². The van der Waals surface area contributed by atoms with Gasteiger partial charge in [-0.2, -0.15) is 0 Å². The maximum absolute atomic E-state index is 11.3. The van der Waals surface area contributed by atoms with Crippen LogP contribution >= 0.6 is 0 Å². The van der Waals surface area contributed by atoms with Gasteiger partial charge >= 0.3 is 6.03 Å². The summed E-state index contributed by atoms with van der Waals surface area (Å²) in [5.74, 6) is 0. The fraction of sp³-hybridized carbons (Fsp3) is 0.182. The summed E-state index contributed by atoms with van der Waals surface area (Å²) in [6.45, 7) is 3.65. The summed E-state index contributed by atoms with van der Waals surface area (Å²) in [7, 11) is 3.40. The number of hydrogen-bond donors (Lipinski definition) is 1. The fourth-order valence-corrected chi connectivity index (χ4v) is 0.938. The Morgan fingerprint density at radius 2 is 1.93 bits per heavy atom. The molecule has 0 saturated carbocycles. The molecule has 1 aromatic rings. The maximum Gasteiger partial charge on any atom is 0.321 e. The van der Waals surface area contributed by atoms with E-state index in [1.807, 2.05) is 24.3 Å². The molecule has 14 heavy (non-hydrogen) atoms. The predicted molar refractivity (Wildman–Crippen MR) is 59.2 cm³/mol. The number of nitrogens with zero attached hydrogens (tertiary/aromatic N) is 1. The van der Waals surface area contributed by atoms with E-state index in [-0.39, 0.29) is 6.03 Å². The Balaban J connectivity index is 2.69. The first-order valence-electron chi connectivity index (χ1n) is 4.34. The lowest BCUT2D eigenvalue weighted by atomic mass is 10.2. The maximum atomic E-state index is 11.3. The third-order valence-electron chi connectivity index (χ3n) is 1.80. The van der Waals surface area contributed by atoms with Crippen molar-refractivity contribution < 1.29 is 4.79 Å². The third-order valence-corrected chi connectivity index (χ3v) is 1.80. The molecular weight excluding hydrogens is 176 g/mol. The predicted octanol–water partition coefficient (Wildman–Crippen LogP) is 2.42. The molecule has 0 unspecified atom stereocenters. The van der Waals surface area contributed by atoms with Crippen LogP contribution in [-0.4, -0.2) is 25.0 Å². The minimum absolute atomic E-state index is 0.128. The van der Waals surface area contributed by atoms with Gasteiger partial charge in [0.25, 0.3) is 0 Å². The molecule has 0 aromatic heterocycles. The summed E-state index contributed by atoms with van der Waals surface area (Å²) in [4.78, 5) is 12.7. The summed E-state index contributed by atoms with van der Waals surface area (Å²) in [5.41, 5.74) is 1.82. The van der Waals surface area contributed by atoms with Gasteiger partial charge in [0.2, 0.25) is 0 Å². The minimum atomic E-state index is -0.128. The number of benzene rings is 1. The van der Waals surface area contributed by atoms with Crippen LogP contribution in [0.25, 0.3) is 6.08 Å². The molecule has 3 heteroatoms. The molecule has 1 aromatic carbocycles. The molecule has 0 heterocycles. The summed E-state index contributed by atoms with van der Waals surface area (Å²) in [5, 5.41) is 2.75. The van der Waals surface area contributed by atoms with E-state index < -0.39 is 0 Å². The summed E-state index contributed by atoms with van der Waals surface area (Å²) in [6, 6.07) is 7.37. The number of rotatable bonds is 2. The van der Waals surface area contributed by atoms with Crippen LogP contribution in [0.5, 0.6) is 0 Å². The first kappa shape index (κ1) is 10.3. The molecule has 1 rings (SSSR count). The summed E-state index contributed by atoms with van der Waals surface area (Å²) >= 11 is 0. The van der Waals surface area contributed by atoms with Crippen molar-refractivity contribution in [3.8, 4) is 0 Å². The average Bonchev–Trinajstić information content (AvgIpc) is 2.19. The van der Waals surface area contributed by atoms with Crippen LogP contribution < -0.4 is 5.32 Å². The lowest BCUT2D eigenvalue weighted by Crippen LogP contribution is -2.27. The molecule has 0 saturated heterocycles. The van der Waals surface area contributed by atoms with E-state index in [4.69, 9.17) is 0 Å². The van der Waals surface area contributed by atoms with Crippen molar-refractivity contribution in [1.29, 1.82) is 0 Å². The van der Waals surface area contributed by atoms with E-state index in [2.05, 4.69) is 11.9 Å². The van der Waals surface area contributed by atoms with Crippen LogP contribution in [-0.2, 0) is 0 Å². The third kappa shape index (κ3) is 2.62. The van der Waals surface area contributed by atoms with Gasteiger partial charge in [-0.05, 0) is 17.7 Å². The van der Waals surface area contributed by atoms with Crippen LogP contribution in [0, 0.1) is 0 Å². The Kier molecular flexibility index (Phi) is 3.29. The highest BCUT2D eigenvalue weighted by Crippen LogP contribution is 2.10. The van der Waals surface area contributed by atoms with Gasteiger partial charge in [-0.25, -0.2) is 4.79 Å². The van der Waals surface area contributed by atoms with E-state index in [0.29, 0.717) is 0 Å². The first-order chi connectivity index (χ1) is 6.63. The van der Waals surface area contributed by atoms with Gasteiger partial charge in [0, 0.05) is 19.8 Å². The quantitative estimate of drug-likeness (QED) is 0.763. The number of nitrogens with one attached hydrogen (secondary N) is 1. The van der Waals surface area contributed by atoms with Crippen LogP contribution in [0.4, 0.5) is 10.5 Å². The van der Waals surface area contributed by atoms with Crippen molar-refractivity contribution in [3.63, 3.8) is 0 Å². The summed E-state index contributed by atoms with van der Waals surface area (Å²) in [6.07, 6.45) is 1.76. The number of carbonyl (C=O) groups excluding carboxylic acids is 1. The molecule has 2 amide bonds. The lowest BCUT2D eigenvalue weighted by Gasteiger charge is -2.11. The van der Waals surface area contributed by atoms with Gasteiger partial charge in [-0.15, -0.1) is 0 Å². The normalized spacial score (nSPS) is 9.29. The Morgan fingerprint density at radius 3 is 2.36 bits per heavy atom. The van der Waals surface area contributed by atoms with Gasteiger partial charge in [0.1, 0.15) is 0 Å². The topological polar surface area (TPSA) is 32.3 Å². The molecule has 0 radical (unpaired) electrons. The Morgan fingerprint density at radius 1 is 1.36 bits per heavy atom. The smallest absolute Gasteiger partial charge is 0.321 e. The highest BCUT2D eigenvalue weighted by Gasteiger charge is 2.02. The minimum Gasteiger partial charge on any atom is -0.331 e.